The van der Waals surface area contributed by atoms with E-state index in [9.17, 15) is 18.3 Å². The summed E-state index contributed by atoms with van der Waals surface area (Å²) in [6, 6.07) is 0.750. The van der Waals surface area contributed by atoms with Crippen molar-refractivity contribution in [1.82, 2.24) is 0 Å². The Morgan fingerprint density at radius 1 is 1.37 bits per heavy atom. The highest BCUT2D eigenvalue weighted by Gasteiger charge is 2.43. The predicted octanol–water partition coefficient (Wildman–Crippen LogP) is 2.51. The van der Waals surface area contributed by atoms with Gasteiger partial charge in [0.15, 0.2) is 17.6 Å². The standard InChI is InChI=1S/C10H11BrF3NO3.ClH/c1-18-6-3-4(11)2-5(8(6)16)7(15)9(17)10(12,13)14;/h2-3,7,9,16-17H,15H2,1H3;1H/t7-,9-;/m0./s1. The number of phenolic OH excluding ortho intramolecular Hbond substituents is 1. The summed E-state index contributed by atoms with van der Waals surface area (Å²) in [6.07, 6.45) is -7.65. The van der Waals surface area contributed by atoms with Gasteiger partial charge >= 0.3 is 6.18 Å². The molecule has 0 aliphatic carbocycles. The number of rotatable bonds is 3. The first-order valence-corrected chi connectivity index (χ1v) is 5.54. The van der Waals surface area contributed by atoms with Crippen LogP contribution in [0.4, 0.5) is 13.2 Å². The van der Waals surface area contributed by atoms with Crippen molar-refractivity contribution in [3.63, 3.8) is 0 Å². The Hall–Kier alpha value is -0.700. The molecule has 0 saturated heterocycles. The summed E-state index contributed by atoms with van der Waals surface area (Å²) in [5.74, 6) is -0.569. The molecule has 0 amide bonds. The molecule has 1 aromatic carbocycles. The summed E-state index contributed by atoms with van der Waals surface area (Å²) in [5.41, 5.74) is 5.05. The summed E-state index contributed by atoms with van der Waals surface area (Å²) >= 11 is 3.05. The van der Waals surface area contributed by atoms with Gasteiger partial charge in [0.25, 0.3) is 0 Å². The molecular weight excluding hydrogens is 354 g/mol. The summed E-state index contributed by atoms with van der Waals surface area (Å²) in [7, 11) is 1.25. The van der Waals surface area contributed by atoms with Gasteiger partial charge in [0, 0.05) is 10.0 Å². The number of halogens is 5. The molecule has 0 aromatic heterocycles. The minimum absolute atomic E-state index is 0. The van der Waals surface area contributed by atoms with Gasteiger partial charge in [-0.15, -0.1) is 12.4 Å². The summed E-state index contributed by atoms with van der Waals surface area (Å²) in [5, 5.41) is 18.8. The van der Waals surface area contributed by atoms with Crippen LogP contribution in [0.15, 0.2) is 16.6 Å². The molecule has 19 heavy (non-hydrogen) atoms. The zero-order valence-corrected chi connectivity index (χ0v) is 12.0. The van der Waals surface area contributed by atoms with Crippen LogP contribution in [0, 0.1) is 0 Å². The molecule has 2 atom stereocenters. The van der Waals surface area contributed by atoms with Gasteiger partial charge in [0.2, 0.25) is 0 Å². The third kappa shape index (κ3) is 4.13. The lowest BCUT2D eigenvalue weighted by Gasteiger charge is -2.23. The molecule has 0 radical (unpaired) electrons. The van der Waals surface area contributed by atoms with E-state index < -0.39 is 24.1 Å². The molecule has 0 aliphatic rings. The molecule has 4 N–H and O–H groups in total. The molecule has 0 heterocycles. The summed E-state index contributed by atoms with van der Waals surface area (Å²) in [6.45, 7) is 0. The van der Waals surface area contributed by atoms with E-state index in [-0.39, 0.29) is 23.7 Å². The maximum Gasteiger partial charge on any atom is 0.416 e. The zero-order valence-electron chi connectivity index (χ0n) is 9.61. The van der Waals surface area contributed by atoms with Gasteiger partial charge in [-0.3, -0.25) is 0 Å². The molecule has 0 aliphatic heterocycles. The van der Waals surface area contributed by atoms with Crippen molar-refractivity contribution in [2.24, 2.45) is 5.73 Å². The second kappa shape index (κ2) is 6.65. The number of hydrogen-bond donors (Lipinski definition) is 3. The third-order valence-corrected chi connectivity index (χ3v) is 2.78. The van der Waals surface area contributed by atoms with Crippen molar-refractivity contribution in [3.05, 3.63) is 22.2 Å². The molecule has 0 bridgehead atoms. The van der Waals surface area contributed by atoms with Crippen LogP contribution in [0.2, 0.25) is 0 Å². The van der Waals surface area contributed by atoms with Crippen LogP contribution in [0.5, 0.6) is 11.5 Å². The number of alkyl halides is 3. The van der Waals surface area contributed by atoms with E-state index in [2.05, 4.69) is 15.9 Å². The Bertz CT molecular complexity index is 445. The molecule has 0 fully saturated rings. The number of nitrogens with two attached hydrogens (primary N) is 1. The Morgan fingerprint density at radius 2 is 1.89 bits per heavy atom. The van der Waals surface area contributed by atoms with Gasteiger partial charge in [-0.2, -0.15) is 13.2 Å². The largest absolute Gasteiger partial charge is 0.504 e. The SMILES string of the molecule is COc1cc(Br)cc([C@H](N)[C@H](O)C(F)(F)F)c1O.Cl. The highest BCUT2D eigenvalue weighted by molar-refractivity contribution is 9.10. The Morgan fingerprint density at radius 3 is 2.32 bits per heavy atom. The second-order valence-corrected chi connectivity index (χ2v) is 4.47. The van der Waals surface area contributed by atoms with Crippen molar-refractivity contribution in [3.8, 4) is 11.5 Å². The van der Waals surface area contributed by atoms with Gasteiger partial charge < -0.3 is 20.7 Å². The maximum atomic E-state index is 12.3. The van der Waals surface area contributed by atoms with Gasteiger partial charge in [0.1, 0.15) is 0 Å². The molecule has 1 rings (SSSR count). The molecular formula is C10H12BrClF3NO3. The number of ether oxygens (including phenoxy) is 1. The van der Waals surface area contributed by atoms with E-state index in [0.717, 1.165) is 0 Å². The molecule has 0 saturated carbocycles. The molecule has 0 unspecified atom stereocenters. The fourth-order valence-corrected chi connectivity index (χ4v) is 1.83. The van der Waals surface area contributed by atoms with Crippen molar-refractivity contribution in [1.29, 1.82) is 0 Å². The van der Waals surface area contributed by atoms with Crippen LogP contribution in [-0.4, -0.2) is 29.6 Å². The van der Waals surface area contributed by atoms with Crippen LogP contribution >= 0.6 is 28.3 Å². The zero-order chi connectivity index (χ0) is 14.1. The summed E-state index contributed by atoms with van der Waals surface area (Å²) < 4.78 is 42.2. The average Bonchev–Trinajstić information content (AvgIpc) is 2.28. The van der Waals surface area contributed by atoms with Crippen molar-refractivity contribution in [2.75, 3.05) is 7.11 Å². The minimum atomic E-state index is -4.87. The monoisotopic (exact) mass is 365 g/mol. The van der Waals surface area contributed by atoms with E-state index in [1.165, 1.54) is 19.2 Å². The average molecular weight is 367 g/mol. The smallest absolute Gasteiger partial charge is 0.416 e. The number of aliphatic hydroxyl groups excluding tert-OH is 1. The second-order valence-electron chi connectivity index (χ2n) is 3.56. The van der Waals surface area contributed by atoms with E-state index in [0.29, 0.717) is 4.47 Å². The minimum Gasteiger partial charge on any atom is -0.504 e. The first-order chi connectivity index (χ1) is 8.18. The number of phenols is 1. The van der Waals surface area contributed by atoms with E-state index in [4.69, 9.17) is 15.6 Å². The Kier molecular flexibility index (Phi) is 6.40. The fraction of sp³-hybridized carbons (Fsp3) is 0.400. The first kappa shape index (κ1) is 18.3. The number of methoxy groups -OCH3 is 1. The number of hydrogen-bond acceptors (Lipinski definition) is 4. The van der Waals surface area contributed by atoms with Gasteiger partial charge in [-0.05, 0) is 12.1 Å². The molecule has 9 heteroatoms. The van der Waals surface area contributed by atoms with E-state index in [1.54, 1.807) is 0 Å². The Balaban J connectivity index is 0.00000324. The van der Waals surface area contributed by atoms with Crippen LogP contribution in [0.1, 0.15) is 11.6 Å². The van der Waals surface area contributed by atoms with Crippen LogP contribution in [-0.2, 0) is 0 Å². The lowest BCUT2D eigenvalue weighted by molar-refractivity contribution is -0.210. The van der Waals surface area contributed by atoms with Crippen molar-refractivity contribution in [2.45, 2.75) is 18.3 Å². The topological polar surface area (TPSA) is 75.7 Å². The lowest BCUT2D eigenvalue weighted by Crippen LogP contribution is -2.38. The molecule has 110 valence electrons. The van der Waals surface area contributed by atoms with Gasteiger partial charge in [-0.25, -0.2) is 0 Å². The van der Waals surface area contributed by atoms with Gasteiger partial charge in [0.05, 0.1) is 13.2 Å². The van der Waals surface area contributed by atoms with Crippen molar-refractivity contribution < 1.29 is 28.1 Å². The number of aromatic hydroxyl groups is 1. The maximum absolute atomic E-state index is 12.3. The highest BCUT2D eigenvalue weighted by atomic mass is 79.9. The third-order valence-electron chi connectivity index (χ3n) is 2.32. The highest BCUT2D eigenvalue weighted by Crippen LogP contribution is 2.39. The first-order valence-electron chi connectivity index (χ1n) is 4.75. The molecule has 0 spiro atoms. The number of aliphatic hydroxyl groups is 1. The molecule has 1 aromatic rings. The van der Waals surface area contributed by atoms with E-state index >= 15 is 0 Å². The quantitative estimate of drug-likeness (QED) is 0.768. The van der Waals surface area contributed by atoms with E-state index in [1.807, 2.05) is 0 Å². The Labute approximate surface area is 121 Å². The lowest BCUT2D eigenvalue weighted by atomic mass is 10.0. The van der Waals surface area contributed by atoms with Crippen LogP contribution < -0.4 is 10.5 Å². The fourth-order valence-electron chi connectivity index (χ4n) is 1.38. The summed E-state index contributed by atoms with van der Waals surface area (Å²) in [4.78, 5) is 0. The van der Waals surface area contributed by atoms with Crippen molar-refractivity contribution >= 4 is 28.3 Å². The van der Waals surface area contributed by atoms with Crippen LogP contribution in [0.3, 0.4) is 0 Å². The predicted molar refractivity (Wildman–Crippen MR) is 68.6 cm³/mol. The normalized spacial score (nSPS) is 14.5. The van der Waals surface area contributed by atoms with Crippen LogP contribution in [0.25, 0.3) is 0 Å². The number of benzene rings is 1. The molecule has 4 nitrogen and oxygen atoms in total. The van der Waals surface area contributed by atoms with Gasteiger partial charge in [-0.1, -0.05) is 15.9 Å².